The molecule has 0 aromatic carbocycles. The summed E-state index contributed by atoms with van der Waals surface area (Å²) in [5.74, 6) is 1.91. The van der Waals surface area contributed by atoms with E-state index in [0.29, 0.717) is 12.6 Å². The standard InChI is InChI=1S/C14H25N3O/c1-11(2)17-6-4-16(5-7-17)10-13-8-14(9-15)18-12(13)3/h8,11H,4-7,9-10,15H2,1-3H3. The van der Waals surface area contributed by atoms with Gasteiger partial charge in [-0.15, -0.1) is 0 Å². The van der Waals surface area contributed by atoms with Crippen LogP contribution in [0.2, 0.25) is 0 Å². The van der Waals surface area contributed by atoms with Gasteiger partial charge in [0.2, 0.25) is 0 Å². The Kier molecular flexibility index (Phi) is 4.43. The molecule has 0 bridgehead atoms. The van der Waals surface area contributed by atoms with Crippen molar-refractivity contribution in [1.82, 2.24) is 9.80 Å². The molecule has 0 radical (unpaired) electrons. The molecule has 4 nitrogen and oxygen atoms in total. The van der Waals surface area contributed by atoms with Gasteiger partial charge in [-0.05, 0) is 26.8 Å². The summed E-state index contributed by atoms with van der Waals surface area (Å²) in [7, 11) is 0. The van der Waals surface area contributed by atoms with Gasteiger partial charge in [-0.3, -0.25) is 9.80 Å². The van der Waals surface area contributed by atoms with Gasteiger partial charge >= 0.3 is 0 Å². The Morgan fingerprint density at radius 3 is 2.44 bits per heavy atom. The van der Waals surface area contributed by atoms with E-state index in [-0.39, 0.29) is 0 Å². The molecule has 2 heterocycles. The number of hydrogen-bond acceptors (Lipinski definition) is 4. The SMILES string of the molecule is Cc1oc(CN)cc1CN1CCN(C(C)C)CC1. The zero-order chi connectivity index (χ0) is 13.1. The first kappa shape index (κ1) is 13.6. The molecule has 1 aliphatic rings. The molecule has 0 spiro atoms. The van der Waals surface area contributed by atoms with Gasteiger partial charge in [0, 0.05) is 44.3 Å². The Labute approximate surface area is 110 Å². The van der Waals surface area contributed by atoms with Gasteiger partial charge in [-0.1, -0.05) is 0 Å². The molecule has 2 rings (SSSR count). The van der Waals surface area contributed by atoms with Crippen LogP contribution < -0.4 is 5.73 Å². The van der Waals surface area contributed by atoms with Gasteiger partial charge in [0.05, 0.1) is 6.54 Å². The largest absolute Gasteiger partial charge is 0.465 e. The fourth-order valence-corrected chi connectivity index (χ4v) is 2.52. The summed E-state index contributed by atoms with van der Waals surface area (Å²) in [6.07, 6.45) is 0. The topological polar surface area (TPSA) is 45.6 Å². The average molecular weight is 251 g/mol. The van der Waals surface area contributed by atoms with Crippen molar-refractivity contribution in [3.8, 4) is 0 Å². The Hall–Kier alpha value is -0.840. The van der Waals surface area contributed by atoms with E-state index in [9.17, 15) is 0 Å². The summed E-state index contributed by atoms with van der Waals surface area (Å²) < 4.78 is 5.60. The predicted octanol–water partition coefficient (Wildman–Crippen LogP) is 1.57. The van der Waals surface area contributed by atoms with Gasteiger partial charge in [0.25, 0.3) is 0 Å². The molecule has 0 saturated carbocycles. The Bertz CT molecular complexity index is 378. The van der Waals surface area contributed by atoms with Crippen LogP contribution in [-0.4, -0.2) is 42.0 Å². The zero-order valence-corrected chi connectivity index (χ0v) is 11.8. The van der Waals surface area contributed by atoms with Crippen molar-refractivity contribution in [2.24, 2.45) is 5.73 Å². The summed E-state index contributed by atoms with van der Waals surface area (Å²) in [6, 6.07) is 2.76. The van der Waals surface area contributed by atoms with E-state index in [2.05, 4.69) is 29.7 Å². The fraction of sp³-hybridized carbons (Fsp3) is 0.714. The maximum atomic E-state index is 5.60. The van der Waals surface area contributed by atoms with Crippen molar-refractivity contribution in [2.45, 2.75) is 39.9 Å². The zero-order valence-electron chi connectivity index (χ0n) is 11.8. The Morgan fingerprint density at radius 2 is 1.94 bits per heavy atom. The second-order valence-electron chi connectivity index (χ2n) is 5.40. The molecule has 18 heavy (non-hydrogen) atoms. The lowest BCUT2D eigenvalue weighted by molar-refractivity contribution is 0.104. The average Bonchev–Trinajstić information content (AvgIpc) is 2.71. The van der Waals surface area contributed by atoms with Crippen molar-refractivity contribution in [3.63, 3.8) is 0 Å². The van der Waals surface area contributed by atoms with E-state index in [1.54, 1.807) is 0 Å². The normalized spacial score (nSPS) is 18.7. The lowest BCUT2D eigenvalue weighted by Crippen LogP contribution is -2.48. The molecule has 0 aliphatic carbocycles. The van der Waals surface area contributed by atoms with E-state index in [1.165, 1.54) is 5.56 Å². The van der Waals surface area contributed by atoms with Crippen molar-refractivity contribution < 1.29 is 4.42 Å². The second kappa shape index (κ2) is 5.87. The molecule has 1 fully saturated rings. The van der Waals surface area contributed by atoms with E-state index in [1.807, 2.05) is 6.92 Å². The lowest BCUT2D eigenvalue weighted by atomic mass is 10.2. The highest BCUT2D eigenvalue weighted by Crippen LogP contribution is 2.17. The van der Waals surface area contributed by atoms with Crippen molar-refractivity contribution >= 4 is 0 Å². The Morgan fingerprint density at radius 1 is 1.28 bits per heavy atom. The van der Waals surface area contributed by atoms with Crippen LogP contribution in [-0.2, 0) is 13.1 Å². The first-order valence-electron chi connectivity index (χ1n) is 6.84. The third-order valence-electron chi connectivity index (χ3n) is 3.80. The van der Waals surface area contributed by atoms with Gasteiger partial charge in [-0.25, -0.2) is 0 Å². The van der Waals surface area contributed by atoms with Crippen LogP contribution in [0, 0.1) is 6.92 Å². The van der Waals surface area contributed by atoms with Gasteiger partial charge in [-0.2, -0.15) is 0 Å². The third kappa shape index (κ3) is 3.13. The van der Waals surface area contributed by atoms with Gasteiger partial charge < -0.3 is 10.2 Å². The molecule has 1 aliphatic heterocycles. The molecule has 1 saturated heterocycles. The van der Waals surface area contributed by atoms with E-state index in [4.69, 9.17) is 10.2 Å². The summed E-state index contributed by atoms with van der Waals surface area (Å²) in [4.78, 5) is 5.03. The van der Waals surface area contributed by atoms with Crippen LogP contribution in [0.3, 0.4) is 0 Å². The predicted molar refractivity (Wildman–Crippen MR) is 73.3 cm³/mol. The molecule has 1 aromatic heterocycles. The summed E-state index contributed by atoms with van der Waals surface area (Å²) in [5.41, 5.74) is 6.89. The van der Waals surface area contributed by atoms with E-state index in [0.717, 1.165) is 44.2 Å². The minimum absolute atomic E-state index is 0.488. The number of piperazine rings is 1. The highest BCUT2D eigenvalue weighted by atomic mass is 16.3. The number of rotatable bonds is 4. The lowest BCUT2D eigenvalue weighted by Gasteiger charge is -2.36. The number of nitrogens with zero attached hydrogens (tertiary/aromatic N) is 2. The van der Waals surface area contributed by atoms with Crippen LogP contribution in [0.5, 0.6) is 0 Å². The molecule has 1 aromatic rings. The van der Waals surface area contributed by atoms with Crippen molar-refractivity contribution in [2.75, 3.05) is 26.2 Å². The third-order valence-corrected chi connectivity index (χ3v) is 3.80. The fourth-order valence-electron chi connectivity index (χ4n) is 2.52. The van der Waals surface area contributed by atoms with Crippen LogP contribution in [0.1, 0.15) is 30.9 Å². The van der Waals surface area contributed by atoms with Crippen molar-refractivity contribution in [1.29, 1.82) is 0 Å². The molecular formula is C14H25N3O. The Balaban J connectivity index is 1.89. The minimum atomic E-state index is 0.488. The first-order chi connectivity index (χ1) is 8.60. The number of aryl methyl sites for hydroxylation is 1. The molecule has 2 N–H and O–H groups in total. The molecule has 0 unspecified atom stereocenters. The maximum Gasteiger partial charge on any atom is 0.118 e. The maximum absolute atomic E-state index is 5.60. The summed E-state index contributed by atoms with van der Waals surface area (Å²) in [6.45, 7) is 12.6. The summed E-state index contributed by atoms with van der Waals surface area (Å²) in [5, 5.41) is 0. The van der Waals surface area contributed by atoms with Crippen LogP contribution in [0.15, 0.2) is 10.5 Å². The van der Waals surface area contributed by atoms with Gasteiger partial charge in [0.1, 0.15) is 11.5 Å². The first-order valence-corrected chi connectivity index (χ1v) is 6.84. The van der Waals surface area contributed by atoms with Crippen LogP contribution in [0.4, 0.5) is 0 Å². The van der Waals surface area contributed by atoms with Gasteiger partial charge in [0.15, 0.2) is 0 Å². The molecule has 4 heteroatoms. The van der Waals surface area contributed by atoms with Crippen LogP contribution >= 0.6 is 0 Å². The molecule has 0 amide bonds. The molecule has 102 valence electrons. The molecular weight excluding hydrogens is 226 g/mol. The monoisotopic (exact) mass is 251 g/mol. The minimum Gasteiger partial charge on any atom is -0.465 e. The van der Waals surface area contributed by atoms with Crippen LogP contribution in [0.25, 0.3) is 0 Å². The van der Waals surface area contributed by atoms with Crippen molar-refractivity contribution in [3.05, 3.63) is 23.2 Å². The smallest absolute Gasteiger partial charge is 0.118 e. The second-order valence-corrected chi connectivity index (χ2v) is 5.40. The summed E-state index contributed by atoms with van der Waals surface area (Å²) >= 11 is 0. The highest BCUT2D eigenvalue weighted by molar-refractivity contribution is 5.20. The number of hydrogen-bond donors (Lipinski definition) is 1. The van der Waals surface area contributed by atoms with E-state index < -0.39 is 0 Å². The number of nitrogens with two attached hydrogens (primary N) is 1. The highest BCUT2D eigenvalue weighted by Gasteiger charge is 2.20. The number of furan rings is 1. The van der Waals surface area contributed by atoms with E-state index >= 15 is 0 Å². The quantitative estimate of drug-likeness (QED) is 0.882. The molecule has 0 atom stereocenters.